The molecule has 1 unspecified atom stereocenters. The van der Waals surface area contributed by atoms with Gasteiger partial charge in [0.05, 0.1) is 17.1 Å². The van der Waals surface area contributed by atoms with E-state index < -0.39 is 0 Å². The summed E-state index contributed by atoms with van der Waals surface area (Å²) in [6.45, 7) is 3.50. The Morgan fingerprint density at radius 1 is 1.75 bits per heavy atom. The van der Waals surface area contributed by atoms with Gasteiger partial charge in [-0.3, -0.25) is 4.99 Å². The van der Waals surface area contributed by atoms with Crippen molar-refractivity contribution < 1.29 is 4.74 Å². The molecule has 0 aromatic carbocycles. The van der Waals surface area contributed by atoms with Gasteiger partial charge in [0, 0.05) is 18.5 Å². The fourth-order valence-electron chi connectivity index (χ4n) is 1.08. The molecule has 0 aliphatic carbocycles. The first-order chi connectivity index (χ1) is 5.74. The standard InChI is InChI=1S/C8H13BrN2O/c1-6(8(9)4-10)11-7-2-3-12-5-7/h4,7H,2-3,5,10H2,1H3/b8-4+,11-6?. The maximum atomic E-state index is 5.33. The van der Waals surface area contributed by atoms with Crippen LogP contribution in [-0.2, 0) is 4.74 Å². The summed E-state index contributed by atoms with van der Waals surface area (Å²) < 4.78 is 6.05. The van der Waals surface area contributed by atoms with Gasteiger partial charge in [-0.2, -0.15) is 0 Å². The number of allylic oxidation sites excluding steroid dienone is 1. The first-order valence-electron chi connectivity index (χ1n) is 3.94. The first-order valence-corrected chi connectivity index (χ1v) is 4.73. The lowest BCUT2D eigenvalue weighted by Crippen LogP contribution is -2.07. The Bertz CT molecular complexity index is 207. The fraction of sp³-hybridized carbons (Fsp3) is 0.625. The number of hydrogen-bond donors (Lipinski definition) is 1. The summed E-state index contributed by atoms with van der Waals surface area (Å²) in [6.07, 6.45) is 2.52. The molecule has 12 heavy (non-hydrogen) atoms. The van der Waals surface area contributed by atoms with Gasteiger partial charge >= 0.3 is 0 Å². The Balaban J connectivity index is 2.54. The van der Waals surface area contributed by atoms with Crippen molar-refractivity contribution in [3.05, 3.63) is 10.7 Å². The van der Waals surface area contributed by atoms with Crippen LogP contribution in [0, 0.1) is 0 Å². The third kappa shape index (κ3) is 2.60. The monoisotopic (exact) mass is 232 g/mol. The van der Waals surface area contributed by atoms with Gasteiger partial charge in [-0.25, -0.2) is 0 Å². The minimum absolute atomic E-state index is 0.317. The molecule has 0 bridgehead atoms. The van der Waals surface area contributed by atoms with Gasteiger partial charge in [0.25, 0.3) is 0 Å². The highest BCUT2D eigenvalue weighted by atomic mass is 79.9. The van der Waals surface area contributed by atoms with Crippen molar-refractivity contribution in [2.45, 2.75) is 19.4 Å². The molecule has 4 heteroatoms. The van der Waals surface area contributed by atoms with Gasteiger partial charge in [0.1, 0.15) is 0 Å². The number of hydrogen-bond acceptors (Lipinski definition) is 3. The molecule has 1 heterocycles. The van der Waals surface area contributed by atoms with Crippen LogP contribution in [0.4, 0.5) is 0 Å². The maximum Gasteiger partial charge on any atom is 0.0758 e. The summed E-state index contributed by atoms with van der Waals surface area (Å²) in [5.74, 6) is 0. The molecule has 2 N–H and O–H groups in total. The highest BCUT2D eigenvalue weighted by molar-refractivity contribution is 9.12. The largest absolute Gasteiger partial charge is 0.404 e. The maximum absolute atomic E-state index is 5.33. The van der Waals surface area contributed by atoms with E-state index in [0.29, 0.717) is 6.04 Å². The van der Waals surface area contributed by atoms with Crippen LogP contribution in [-0.4, -0.2) is 25.0 Å². The van der Waals surface area contributed by atoms with E-state index in [1.54, 1.807) is 0 Å². The lowest BCUT2D eigenvalue weighted by Gasteiger charge is -2.02. The van der Waals surface area contributed by atoms with Crippen molar-refractivity contribution in [1.29, 1.82) is 0 Å². The van der Waals surface area contributed by atoms with Crippen molar-refractivity contribution in [3.63, 3.8) is 0 Å². The molecule has 0 radical (unpaired) electrons. The van der Waals surface area contributed by atoms with Crippen molar-refractivity contribution in [2.24, 2.45) is 10.7 Å². The molecule has 68 valence electrons. The van der Waals surface area contributed by atoms with Crippen LogP contribution in [0.5, 0.6) is 0 Å². The molecule has 0 aromatic rings. The highest BCUT2D eigenvalue weighted by Crippen LogP contribution is 2.12. The molecule has 0 saturated carbocycles. The second-order valence-electron chi connectivity index (χ2n) is 2.75. The molecule has 0 amide bonds. The molecule has 0 spiro atoms. The van der Waals surface area contributed by atoms with Crippen LogP contribution in [0.25, 0.3) is 0 Å². The van der Waals surface area contributed by atoms with Crippen molar-refractivity contribution in [3.8, 4) is 0 Å². The zero-order chi connectivity index (χ0) is 8.97. The Hall–Kier alpha value is -0.350. The van der Waals surface area contributed by atoms with Crippen LogP contribution < -0.4 is 5.73 Å². The zero-order valence-electron chi connectivity index (χ0n) is 7.09. The number of nitrogens with zero attached hydrogens (tertiary/aromatic N) is 1. The van der Waals surface area contributed by atoms with Crippen LogP contribution >= 0.6 is 15.9 Å². The normalized spacial score (nSPS) is 26.3. The molecule has 1 aliphatic heterocycles. The third-order valence-electron chi connectivity index (χ3n) is 1.77. The zero-order valence-corrected chi connectivity index (χ0v) is 8.67. The summed E-state index contributed by atoms with van der Waals surface area (Å²) in [5, 5.41) is 0. The average Bonchev–Trinajstić information content (AvgIpc) is 2.55. The van der Waals surface area contributed by atoms with Gasteiger partial charge in [-0.1, -0.05) is 0 Å². The van der Waals surface area contributed by atoms with Crippen molar-refractivity contribution in [1.82, 2.24) is 0 Å². The van der Waals surface area contributed by atoms with E-state index >= 15 is 0 Å². The van der Waals surface area contributed by atoms with Crippen LogP contribution in [0.1, 0.15) is 13.3 Å². The molecule has 3 nitrogen and oxygen atoms in total. The number of rotatable bonds is 2. The minimum Gasteiger partial charge on any atom is -0.404 e. The molecular weight excluding hydrogens is 220 g/mol. The number of ether oxygens (including phenoxy) is 1. The lowest BCUT2D eigenvalue weighted by molar-refractivity contribution is 0.194. The van der Waals surface area contributed by atoms with Crippen molar-refractivity contribution >= 4 is 21.6 Å². The number of aliphatic imine (C=N–C) groups is 1. The van der Waals surface area contributed by atoms with E-state index in [1.165, 1.54) is 6.20 Å². The molecule has 1 rings (SSSR count). The summed E-state index contributed by atoms with van der Waals surface area (Å²) in [7, 11) is 0. The Morgan fingerprint density at radius 2 is 2.50 bits per heavy atom. The van der Waals surface area contributed by atoms with Crippen LogP contribution in [0.3, 0.4) is 0 Å². The summed E-state index contributed by atoms with van der Waals surface area (Å²) >= 11 is 3.31. The van der Waals surface area contributed by atoms with Crippen molar-refractivity contribution in [2.75, 3.05) is 13.2 Å². The fourth-order valence-corrected chi connectivity index (χ4v) is 1.18. The van der Waals surface area contributed by atoms with Gasteiger partial charge < -0.3 is 10.5 Å². The molecular formula is C8H13BrN2O. The summed E-state index contributed by atoms with van der Waals surface area (Å²) in [6, 6.07) is 0.317. The molecule has 1 atom stereocenters. The van der Waals surface area contributed by atoms with E-state index in [2.05, 4.69) is 20.9 Å². The van der Waals surface area contributed by atoms with Crippen LogP contribution in [0.2, 0.25) is 0 Å². The van der Waals surface area contributed by atoms with E-state index in [0.717, 1.165) is 29.8 Å². The Morgan fingerprint density at radius 3 is 3.00 bits per heavy atom. The molecule has 1 saturated heterocycles. The molecule has 1 fully saturated rings. The number of nitrogens with two attached hydrogens (primary N) is 1. The smallest absolute Gasteiger partial charge is 0.0758 e. The van der Waals surface area contributed by atoms with E-state index in [4.69, 9.17) is 10.5 Å². The van der Waals surface area contributed by atoms with E-state index in [1.807, 2.05) is 6.92 Å². The van der Waals surface area contributed by atoms with E-state index in [9.17, 15) is 0 Å². The van der Waals surface area contributed by atoms with E-state index in [-0.39, 0.29) is 0 Å². The topological polar surface area (TPSA) is 47.6 Å². The average molecular weight is 233 g/mol. The third-order valence-corrected chi connectivity index (χ3v) is 2.61. The predicted octanol–water partition coefficient (Wildman–Crippen LogP) is 1.43. The SMILES string of the molecule is CC(=NC1CCOC1)/C(Br)=C\N. The highest BCUT2D eigenvalue weighted by Gasteiger charge is 2.14. The van der Waals surface area contributed by atoms with Gasteiger partial charge in [0.15, 0.2) is 0 Å². The number of halogens is 1. The summed E-state index contributed by atoms with van der Waals surface area (Å²) in [5.41, 5.74) is 6.26. The second-order valence-corrected chi connectivity index (χ2v) is 3.60. The van der Waals surface area contributed by atoms with Gasteiger partial charge in [-0.15, -0.1) is 0 Å². The Labute approximate surface area is 80.8 Å². The molecule has 0 aromatic heterocycles. The van der Waals surface area contributed by atoms with Crippen LogP contribution in [0.15, 0.2) is 15.7 Å². The quantitative estimate of drug-likeness (QED) is 0.733. The van der Waals surface area contributed by atoms with Gasteiger partial charge in [-0.05, 0) is 29.3 Å². The molecule has 1 aliphatic rings. The van der Waals surface area contributed by atoms with Gasteiger partial charge in [0.2, 0.25) is 0 Å². The first kappa shape index (κ1) is 9.74. The second kappa shape index (κ2) is 4.62. The Kier molecular flexibility index (Phi) is 3.75. The predicted molar refractivity (Wildman–Crippen MR) is 53.5 cm³/mol. The minimum atomic E-state index is 0.317. The lowest BCUT2D eigenvalue weighted by atomic mass is 10.2. The summed E-state index contributed by atoms with van der Waals surface area (Å²) in [4.78, 5) is 4.44.